The van der Waals surface area contributed by atoms with Crippen molar-refractivity contribution in [2.75, 3.05) is 18.4 Å². The van der Waals surface area contributed by atoms with Crippen molar-refractivity contribution in [1.82, 2.24) is 5.32 Å². The number of nitrogens with one attached hydrogen (secondary N) is 2. The molecular weight excluding hydrogens is 212 g/mol. The molecule has 3 nitrogen and oxygen atoms in total. The van der Waals surface area contributed by atoms with Gasteiger partial charge in [0.15, 0.2) is 0 Å². The fourth-order valence-corrected chi connectivity index (χ4v) is 1.59. The normalized spacial score (nSPS) is 10.1. The molecule has 0 unspecified atom stereocenters. The first kappa shape index (κ1) is 13.3. The molecule has 1 rings (SSSR count). The van der Waals surface area contributed by atoms with Gasteiger partial charge >= 0.3 is 0 Å². The molecule has 0 saturated heterocycles. The van der Waals surface area contributed by atoms with Gasteiger partial charge in [-0.2, -0.15) is 0 Å². The molecule has 0 aliphatic heterocycles. The van der Waals surface area contributed by atoms with Gasteiger partial charge in [0.25, 0.3) is 0 Å². The quantitative estimate of drug-likeness (QED) is 0.740. The SMILES string of the molecule is C=CCNC(=O)CNc1ccccc1C(C)C. The maximum atomic E-state index is 11.4. The Hall–Kier alpha value is -1.77. The molecule has 0 saturated carbocycles. The topological polar surface area (TPSA) is 41.1 Å². The van der Waals surface area contributed by atoms with Crippen molar-refractivity contribution in [3.63, 3.8) is 0 Å². The molecule has 1 aromatic carbocycles. The number of carbonyl (C=O) groups excluding carboxylic acids is 1. The Bertz CT molecular complexity index is 386. The van der Waals surface area contributed by atoms with E-state index < -0.39 is 0 Å². The molecular formula is C14H20N2O. The molecule has 1 aromatic rings. The highest BCUT2D eigenvalue weighted by Gasteiger charge is 2.06. The van der Waals surface area contributed by atoms with E-state index in [1.165, 1.54) is 5.56 Å². The Labute approximate surface area is 103 Å². The van der Waals surface area contributed by atoms with E-state index in [1.807, 2.05) is 18.2 Å². The molecule has 0 aliphatic rings. The fourth-order valence-electron chi connectivity index (χ4n) is 1.59. The van der Waals surface area contributed by atoms with Crippen molar-refractivity contribution in [3.8, 4) is 0 Å². The summed E-state index contributed by atoms with van der Waals surface area (Å²) in [6, 6.07) is 8.05. The maximum absolute atomic E-state index is 11.4. The van der Waals surface area contributed by atoms with Crippen LogP contribution in [0, 0.1) is 0 Å². The lowest BCUT2D eigenvalue weighted by molar-refractivity contribution is -0.119. The van der Waals surface area contributed by atoms with Gasteiger partial charge in [-0.05, 0) is 17.5 Å². The van der Waals surface area contributed by atoms with Crippen LogP contribution in [0.25, 0.3) is 0 Å². The summed E-state index contributed by atoms with van der Waals surface area (Å²) in [4.78, 5) is 11.4. The molecule has 0 aliphatic carbocycles. The van der Waals surface area contributed by atoms with Gasteiger partial charge in [-0.25, -0.2) is 0 Å². The molecule has 0 aromatic heterocycles. The van der Waals surface area contributed by atoms with Gasteiger partial charge < -0.3 is 10.6 Å². The Kier molecular flexibility index (Phi) is 5.27. The van der Waals surface area contributed by atoms with E-state index in [1.54, 1.807) is 6.08 Å². The zero-order chi connectivity index (χ0) is 12.7. The highest BCUT2D eigenvalue weighted by atomic mass is 16.1. The van der Waals surface area contributed by atoms with Crippen LogP contribution in [0.5, 0.6) is 0 Å². The minimum absolute atomic E-state index is 0.0246. The molecule has 0 radical (unpaired) electrons. The third kappa shape index (κ3) is 4.31. The molecule has 0 atom stereocenters. The number of para-hydroxylation sites is 1. The van der Waals surface area contributed by atoms with Crippen molar-refractivity contribution >= 4 is 11.6 Å². The fraction of sp³-hybridized carbons (Fsp3) is 0.357. The predicted octanol–water partition coefficient (Wildman–Crippen LogP) is 2.52. The first-order valence-corrected chi connectivity index (χ1v) is 5.85. The largest absolute Gasteiger partial charge is 0.376 e. The smallest absolute Gasteiger partial charge is 0.239 e. The van der Waals surface area contributed by atoms with Gasteiger partial charge in [0, 0.05) is 12.2 Å². The standard InChI is InChI=1S/C14H20N2O/c1-4-9-15-14(17)10-16-13-8-6-5-7-12(13)11(2)3/h4-8,11,16H,1,9-10H2,2-3H3,(H,15,17). The van der Waals surface area contributed by atoms with E-state index in [2.05, 4.69) is 37.1 Å². The van der Waals surface area contributed by atoms with Gasteiger partial charge in [0.1, 0.15) is 0 Å². The monoisotopic (exact) mass is 232 g/mol. The molecule has 17 heavy (non-hydrogen) atoms. The lowest BCUT2D eigenvalue weighted by atomic mass is 10.0. The van der Waals surface area contributed by atoms with E-state index in [0.717, 1.165) is 5.69 Å². The third-order valence-electron chi connectivity index (χ3n) is 2.47. The summed E-state index contributed by atoms with van der Waals surface area (Å²) in [5.74, 6) is 0.415. The molecule has 92 valence electrons. The van der Waals surface area contributed by atoms with Crippen molar-refractivity contribution < 1.29 is 4.79 Å². The molecule has 0 spiro atoms. The minimum atomic E-state index is -0.0246. The second kappa shape index (κ2) is 6.74. The van der Waals surface area contributed by atoms with E-state index >= 15 is 0 Å². The second-order valence-electron chi connectivity index (χ2n) is 4.19. The average molecular weight is 232 g/mol. The van der Waals surface area contributed by atoms with Crippen molar-refractivity contribution in [3.05, 3.63) is 42.5 Å². The van der Waals surface area contributed by atoms with Crippen LogP contribution < -0.4 is 10.6 Å². The van der Waals surface area contributed by atoms with Gasteiger partial charge in [-0.3, -0.25) is 4.79 Å². The summed E-state index contributed by atoms with van der Waals surface area (Å²) in [6.45, 7) is 8.62. The van der Waals surface area contributed by atoms with Gasteiger partial charge in [0.05, 0.1) is 6.54 Å². The van der Waals surface area contributed by atoms with Gasteiger partial charge in [0.2, 0.25) is 5.91 Å². The highest BCUT2D eigenvalue weighted by Crippen LogP contribution is 2.23. The van der Waals surface area contributed by atoms with Gasteiger partial charge in [-0.1, -0.05) is 38.1 Å². The van der Waals surface area contributed by atoms with E-state index in [4.69, 9.17) is 0 Å². The molecule has 2 N–H and O–H groups in total. The van der Waals surface area contributed by atoms with Crippen LogP contribution in [0.2, 0.25) is 0 Å². The van der Waals surface area contributed by atoms with Crippen molar-refractivity contribution in [2.45, 2.75) is 19.8 Å². The number of hydrogen-bond donors (Lipinski definition) is 2. The van der Waals surface area contributed by atoms with Crippen LogP contribution in [0.1, 0.15) is 25.3 Å². The first-order chi connectivity index (χ1) is 8.15. The highest BCUT2D eigenvalue weighted by molar-refractivity contribution is 5.81. The van der Waals surface area contributed by atoms with Crippen LogP contribution >= 0.6 is 0 Å². The maximum Gasteiger partial charge on any atom is 0.239 e. The lowest BCUT2D eigenvalue weighted by Gasteiger charge is -2.14. The van der Waals surface area contributed by atoms with Crippen LogP contribution in [-0.4, -0.2) is 19.0 Å². The molecule has 0 bridgehead atoms. The number of carbonyl (C=O) groups is 1. The Morgan fingerprint density at radius 3 is 2.76 bits per heavy atom. The summed E-state index contributed by atoms with van der Waals surface area (Å²) >= 11 is 0. The number of anilines is 1. The summed E-state index contributed by atoms with van der Waals surface area (Å²) in [5.41, 5.74) is 2.25. The van der Waals surface area contributed by atoms with Crippen molar-refractivity contribution in [2.24, 2.45) is 0 Å². The second-order valence-corrected chi connectivity index (χ2v) is 4.19. The molecule has 0 fully saturated rings. The number of amides is 1. The van der Waals surface area contributed by atoms with Crippen LogP contribution in [0.3, 0.4) is 0 Å². The number of hydrogen-bond acceptors (Lipinski definition) is 2. The lowest BCUT2D eigenvalue weighted by Crippen LogP contribution is -2.30. The summed E-state index contributed by atoms with van der Waals surface area (Å²) in [5, 5.41) is 5.89. The summed E-state index contributed by atoms with van der Waals surface area (Å²) in [7, 11) is 0. The third-order valence-corrected chi connectivity index (χ3v) is 2.47. The summed E-state index contributed by atoms with van der Waals surface area (Å²) in [6.07, 6.45) is 1.67. The Morgan fingerprint density at radius 2 is 2.12 bits per heavy atom. The van der Waals surface area contributed by atoms with Crippen LogP contribution in [0.4, 0.5) is 5.69 Å². The van der Waals surface area contributed by atoms with Gasteiger partial charge in [-0.15, -0.1) is 6.58 Å². The molecule has 1 amide bonds. The minimum Gasteiger partial charge on any atom is -0.376 e. The number of benzene rings is 1. The molecule has 0 heterocycles. The summed E-state index contributed by atoms with van der Waals surface area (Å²) < 4.78 is 0. The van der Waals surface area contributed by atoms with Crippen LogP contribution in [0.15, 0.2) is 36.9 Å². The average Bonchev–Trinajstić information content (AvgIpc) is 2.34. The van der Waals surface area contributed by atoms with Crippen molar-refractivity contribution in [1.29, 1.82) is 0 Å². The van der Waals surface area contributed by atoms with E-state index in [0.29, 0.717) is 12.5 Å². The Morgan fingerprint density at radius 1 is 1.41 bits per heavy atom. The first-order valence-electron chi connectivity index (χ1n) is 5.85. The van der Waals surface area contributed by atoms with E-state index in [-0.39, 0.29) is 12.5 Å². The number of rotatable bonds is 6. The zero-order valence-electron chi connectivity index (χ0n) is 10.5. The van der Waals surface area contributed by atoms with E-state index in [9.17, 15) is 4.79 Å². The predicted molar refractivity (Wildman–Crippen MR) is 72.2 cm³/mol. The molecule has 3 heteroatoms. The Balaban J connectivity index is 2.56. The zero-order valence-corrected chi connectivity index (χ0v) is 10.5. The van der Waals surface area contributed by atoms with Crippen LogP contribution in [-0.2, 0) is 4.79 Å².